The number of amides is 1. The second-order valence-electron chi connectivity index (χ2n) is 4.34. The minimum Gasteiger partial charge on any atom is -0.508 e. The maximum Gasteiger partial charge on any atom is 0.223 e. The Kier molecular flexibility index (Phi) is 3.44. The molecule has 1 aromatic carbocycles. The van der Waals surface area contributed by atoms with E-state index >= 15 is 0 Å². The Hall–Kier alpha value is -1.51. The Morgan fingerprint density at radius 2 is 2.00 bits per heavy atom. The van der Waals surface area contributed by atoms with Gasteiger partial charge in [-0.2, -0.15) is 0 Å². The van der Waals surface area contributed by atoms with Crippen molar-refractivity contribution >= 4 is 5.91 Å². The predicted octanol–water partition coefficient (Wildman–Crippen LogP) is 1.85. The number of benzene rings is 1. The summed E-state index contributed by atoms with van der Waals surface area (Å²) in [6.45, 7) is 0.681. The van der Waals surface area contributed by atoms with E-state index in [2.05, 4.69) is 5.32 Å². The Bertz CT molecular complexity index is 355. The van der Waals surface area contributed by atoms with Crippen molar-refractivity contribution < 1.29 is 9.90 Å². The molecular formula is C13H17NO2. The van der Waals surface area contributed by atoms with Gasteiger partial charge in [-0.05, 0) is 37.0 Å². The first-order valence-corrected chi connectivity index (χ1v) is 5.81. The average molecular weight is 219 g/mol. The van der Waals surface area contributed by atoms with E-state index in [0.717, 1.165) is 24.8 Å². The smallest absolute Gasteiger partial charge is 0.223 e. The second kappa shape index (κ2) is 5.01. The normalized spacial score (nSPS) is 15.5. The summed E-state index contributed by atoms with van der Waals surface area (Å²) in [5.74, 6) is 0.743. The molecule has 1 aromatic rings. The average Bonchev–Trinajstić information content (AvgIpc) is 2.18. The van der Waals surface area contributed by atoms with Crippen LogP contribution in [0.2, 0.25) is 0 Å². The summed E-state index contributed by atoms with van der Waals surface area (Å²) in [5, 5.41) is 12.1. The van der Waals surface area contributed by atoms with Crippen molar-refractivity contribution in [2.75, 3.05) is 6.54 Å². The standard InChI is InChI=1S/C13H17NO2/c15-12-6-4-10(5-7-12)8-9-14-13(16)11-2-1-3-11/h4-7,11,15H,1-3,8-9H2,(H,14,16). The second-order valence-corrected chi connectivity index (χ2v) is 4.34. The van der Waals surface area contributed by atoms with Gasteiger partial charge in [0, 0.05) is 12.5 Å². The monoisotopic (exact) mass is 219 g/mol. The number of nitrogens with one attached hydrogen (secondary N) is 1. The van der Waals surface area contributed by atoms with Crippen molar-refractivity contribution in [2.24, 2.45) is 5.92 Å². The molecule has 0 unspecified atom stereocenters. The van der Waals surface area contributed by atoms with E-state index in [1.807, 2.05) is 12.1 Å². The van der Waals surface area contributed by atoms with Crippen LogP contribution in [0.4, 0.5) is 0 Å². The molecule has 0 atom stereocenters. The lowest BCUT2D eigenvalue weighted by molar-refractivity contribution is -0.127. The van der Waals surface area contributed by atoms with Crippen molar-refractivity contribution in [2.45, 2.75) is 25.7 Å². The molecule has 3 nitrogen and oxygen atoms in total. The van der Waals surface area contributed by atoms with Gasteiger partial charge in [0.25, 0.3) is 0 Å². The van der Waals surface area contributed by atoms with E-state index < -0.39 is 0 Å². The largest absolute Gasteiger partial charge is 0.508 e. The number of aromatic hydroxyl groups is 1. The number of carbonyl (C=O) groups excluding carboxylic acids is 1. The highest BCUT2D eigenvalue weighted by Gasteiger charge is 2.24. The van der Waals surface area contributed by atoms with Crippen molar-refractivity contribution in [1.82, 2.24) is 5.32 Å². The third-order valence-corrected chi connectivity index (χ3v) is 3.13. The van der Waals surface area contributed by atoms with Crippen LogP contribution in [0.1, 0.15) is 24.8 Å². The Morgan fingerprint density at radius 1 is 1.31 bits per heavy atom. The summed E-state index contributed by atoms with van der Waals surface area (Å²) in [5.41, 5.74) is 1.13. The summed E-state index contributed by atoms with van der Waals surface area (Å²) in [4.78, 5) is 11.5. The molecule has 1 aliphatic carbocycles. The Balaban J connectivity index is 1.71. The minimum absolute atomic E-state index is 0.199. The van der Waals surface area contributed by atoms with Crippen molar-refractivity contribution in [1.29, 1.82) is 0 Å². The van der Waals surface area contributed by atoms with Gasteiger partial charge in [-0.25, -0.2) is 0 Å². The molecule has 86 valence electrons. The van der Waals surface area contributed by atoms with Gasteiger partial charge < -0.3 is 10.4 Å². The van der Waals surface area contributed by atoms with Crippen LogP contribution in [0.25, 0.3) is 0 Å². The fraction of sp³-hybridized carbons (Fsp3) is 0.462. The van der Waals surface area contributed by atoms with E-state index in [1.54, 1.807) is 12.1 Å². The summed E-state index contributed by atoms with van der Waals surface area (Å²) < 4.78 is 0. The van der Waals surface area contributed by atoms with Crippen LogP contribution in [-0.4, -0.2) is 17.6 Å². The summed E-state index contributed by atoms with van der Waals surface area (Å²) in [7, 11) is 0. The van der Waals surface area contributed by atoms with Gasteiger partial charge in [0.2, 0.25) is 5.91 Å². The van der Waals surface area contributed by atoms with E-state index in [9.17, 15) is 4.79 Å². The van der Waals surface area contributed by atoms with Gasteiger partial charge in [0.05, 0.1) is 0 Å². The molecule has 0 radical (unpaired) electrons. The van der Waals surface area contributed by atoms with Crippen LogP contribution in [0.15, 0.2) is 24.3 Å². The minimum atomic E-state index is 0.199. The van der Waals surface area contributed by atoms with Crippen LogP contribution in [0, 0.1) is 5.92 Å². The molecule has 0 spiro atoms. The molecule has 1 fully saturated rings. The highest BCUT2D eigenvalue weighted by Crippen LogP contribution is 2.26. The number of rotatable bonds is 4. The van der Waals surface area contributed by atoms with Gasteiger partial charge in [-0.1, -0.05) is 18.6 Å². The van der Waals surface area contributed by atoms with Crippen LogP contribution in [0.3, 0.4) is 0 Å². The molecule has 0 aliphatic heterocycles. The first-order valence-electron chi connectivity index (χ1n) is 5.81. The molecule has 2 rings (SSSR count). The topological polar surface area (TPSA) is 49.3 Å². The number of hydrogen-bond donors (Lipinski definition) is 2. The molecule has 16 heavy (non-hydrogen) atoms. The molecular weight excluding hydrogens is 202 g/mol. The first-order chi connectivity index (χ1) is 7.75. The van der Waals surface area contributed by atoms with Crippen molar-refractivity contribution in [3.63, 3.8) is 0 Å². The van der Waals surface area contributed by atoms with E-state index in [4.69, 9.17) is 5.11 Å². The number of phenolic OH excluding ortho intramolecular Hbond substituents is 1. The number of hydrogen-bond acceptors (Lipinski definition) is 2. The van der Waals surface area contributed by atoms with Gasteiger partial charge in [-0.15, -0.1) is 0 Å². The molecule has 0 aromatic heterocycles. The molecule has 0 saturated heterocycles. The van der Waals surface area contributed by atoms with Gasteiger partial charge in [0.15, 0.2) is 0 Å². The molecule has 2 N–H and O–H groups in total. The molecule has 0 heterocycles. The summed E-state index contributed by atoms with van der Waals surface area (Å²) in [6, 6.07) is 7.10. The van der Waals surface area contributed by atoms with Crippen LogP contribution >= 0.6 is 0 Å². The van der Waals surface area contributed by atoms with E-state index in [-0.39, 0.29) is 17.6 Å². The molecule has 1 aliphatic rings. The van der Waals surface area contributed by atoms with E-state index in [1.165, 1.54) is 6.42 Å². The Labute approximate surface area is 95.5 Å². The fourth-order valence-electron chi connectivity index (χ4n) is 1.81. The molecule has 3 heteroatoms. The zero-order valence-electron chi connectivity index (χ0n) is 9.28. The summed E-state index contributed by atoms with van der Waals surface area (Å²) in [6.07, 6.45) is 4.10. The van der Waals surface area contributed by atoms with Crippen LogP contribution in [-0.2, 0) is 11.2 Å². The fourth-order valence-corrected chi connectivity index (χ4v) is 1.81. The van der Waals surface area contributed by atoms with Gasteiger partial charge >= 0.3 is 0 Å². The lowest BCUT2D eigenvalue weighted by atomic mass is 9.85. The lowest BCUT2D eigenvalue weighted by Crippen LogP contribution is -2.35. The third kappa shape index (κ3) is 2.75. The van der Waals surface area contributed by atoms with Crippen molar-refractivity contribution in [3.8, 4) is 5.75 Å². The Morgan fingerprint density at radius 3 is 2.56 bits per heavy atom. The first kappa shape index (κ1) is 11.0. The predicted molar refractivity (Wildman–Crippen MR) is 62.2 cm³/mol. The zero-order chi connectivity index (χ0) is 11.4. The number of phenols is 1. The third-order valence-electron chi connectivity index (χ3n) is 3.13. The quantitative estimate of drug-likeness (QED) is 0.812. The van der Waals surface area contributed by atoms with E-state index in [0.29, 0.717) is 6.54 Å². The van der Waals surface area contributed by atoms with Crippen LogP contribution < -0.4 is 5.32 Å². The molecule has 0 bridgehead atoms. The SMILES string of the molecule is O=C(NCCc1ccc(O)cc1)C1CCC1. The highest BCUT2D eigenvalue weighted by molar-refractivity contribution is 5.79. The highest BCUT2D eigenvalue weighted by atomic mass is 16.3. The van der Waals surface area contributed by atoms with Crippen molar-refractivity contribution in [3.05, 3.63) is 29.8 Å². The van der Waals surface area contributed by atoms with Gasteiger partial charge in [0.1, 0.15) is 5.75 Å². The lowest BCUT2D eigenvalue weighted by Gasteiger charge is -2.23. The summed E-state index contributed by atoms with van der Waals surface area (Å²) >= 11 is 0. The maximum absolute atomic E-state index is 11.5. The van der Waals surface area contributed by atoms with Gasteiger partial charge in [-0.3, -0.25) is 4.79 Å². The molecule has 1 amide bonds. The van der Waals surface area contributed by atoms with Crippen LogP contribution in [0.5, 0.6) is 5.75 Å². The number of carbonyl (C=O) groups is 1. The maximum atomic E-state index is 11.5. The zero-order valence-corrected chi connectivity index (χ0v) is 9.28. The molecule has 1 saturated carbocycles.